The van der Waals surface area contributed by atoms with Gasteiger partial charge in [0, 0.05) is 21.8 Å². The zero-order chi connectivity index (χ0) is 26.8. The summed E-state index contributed by atoms with van der Waals surface area (Å²) in [5.74, 6) is 0.949. The normalized spacial score (nSPS) is 11.3. The first-order valence-corrected chi connectivity index (χ1v) is 13.3. The SMILES string of the molecule is O=C(C=Cc1ccc(-c2cccc(Cl)c2Cl)o1)NC(=S)Nc1ccc2oc(-c3cc(Br)ccc3Cl)nc2c1. The second-order valence-electron chi connectivity index (χ2n) is 7.91. The number of nitrogens with zero attached hydrogens (tertiary/aromatic N) is 1. The molecule has 190 valence electrons. The minimum absolute atomic E-state index is 0.114. The highest BCUT2D eigenvalue weighted by atomic mass is 79.9. The first-order valence-electron chi connectivity index (χ1n) is 11.0. The Balaban J connectivity index is 1.22. The van der Waals surface area contributed by atoms with E-state index in [1.165, 1.54) is 12.2 Å². The van der Waals surface area contributed by atoms with Gasteiger partial charge in [0.2, 0.25) is 11.8 Å². The molecule has 0 aliphatic heterocycles. The number of thiocarbonyl (C=S) groups is 1. The summed E-state index contributed by atoms with van der Waals surface area (Å²) in [6.45, 7) is 0. The molecule has 38 heavy (non-hydrogen) atoms. The monoisotopic (exact) mass is 645 g/mol. The van der Waals surface area contributed by atoms with E-state index in [1.54, 1.807) is 54.6 Å². The quantitative estimate of drug-likeness (QED) is 0.146. The van der Waals surface area contributed by atoms with Crippen molar-refractivity contribution in [1.82, 2.24) is 10.3 Å². The number of anilines is 1. The third-order valence-corrected chi connectivity index (χ3v) is 7.13. The van der Waals surface area contributed by atoms with Gasteiger partial charge < -0.3 is 14.2 Å². The van der Waals surface area contributed by atoms with Crippen LogP contribution in [0.3, 0.4) is 0 Å². The molecule has 2 heterocycles. The van der Waals surface area contributed by atoms with Gasteiger partial charge in [-0.25, -0.2) is 4.98 Å². The van der Waals surface area contributed by atoms with Gasteiger partial charge in [0.15, 0.2) is 10.7 Å². The number of nitrogens with one attached hydrogen (secondary N) is 2. The van der Waals surface area contributed by atoms with E-state index in [9.17, 15) is 4.79 Å². The minimum atomic E-state index is -0.435. The summed E-state index contributed by atoms with van der Waals surface area (Å²) >= 11 is 27.3. The van der Waals surface area contributed by atoms with Gasteiger partial charge in [-0.1, -0.05) is 56.8 Å². The first kappa shape index (κ1) is 26.5. The Labute approximate surface area is 245 Å². The molecule has 0 aliphatic rings. The molecule has 0 saturated heterocycles. The average molecular weight is 648 g/mol. The van der Waals surface area contributed by atoms with Crippen molar-refractivity contribution in [2.75, 3.05) is 5.32 Å². The molecule has 0 atom stereocenters. The van der Waals surface area contributed by atoms with Crippen LogP contribution >= 0.6 is 63.0 Å². The second-order valence-corrected chi connectivity index (χ2v) is 10.4. The lowest BCUT2D eigenvalue weighted by Gasteiger charge is -2.07. The number of aromatic nitrogens is 1. The summed E-state index contributed by atoms with van der Waals surface area (Å²) in [4.78, 5) is 16.9. The number of rotatable bonds is 5. The van der Waals surface area contributed by atoms with E-state index >= 15 is 0 Å². The number of halogens is 4. The van der Waals surface area contributed by atoms with E-state index < -0.39 is 5.91 Å². The van der Waals surface area contributed by atoms with Crippen LogP contribution in [0.4, 0.5) is 5.69 Å². The van der Waals surface area contributed by atoms with Crippen LogP contribution in [0, 0.1) is 0 Å². The molecule has 2 N–H and O–H groups in total. The highest BCUT2D eigenvalue weighted by molar-refractivity contribution is 9.10. The van der Waals surface area contributed by atoms with Gasteiger partial charge in [0.1, 0.15) is 17.0 Å². The lowest BCUT2D eigenvalue weighted by Crippen LogP contribution is -2.32. The Morgan fingerprint density at radius 1 is 0.947 bits per heavy atom. The van der Waals surface area contributed by atoms with Crippen molar-refractivity contribution in [2.24, 2.45) is 0 Å². The van der Waals surface area contributed by atoms with Crippen LogP contribution in [0.2, 0.25) is 15.1 Å². The summed E-state index contributed by atoms with van der Waals surface area (Å²) in [6, 6.07) is 19.4. The number of oxazole rings is 1. The number of amides is 1. The summed E-state index contributed by atoms with van der Waals surface area (Å²) in [7, 11) is 0. The van der Waals surface area contributed by atoms with Crippen molar-refractivity contribution in [1.29, 1.82) is 0 Å². The van der Waals surface area contributed by atoms with Gasteiger partial charge in [-0.2, -0.15) is 0 Å². The van der Waals surface area contributed by atoms with E-state index in [1.807, 2.05) is 12.1 Å². The average Bonchev–Trinajstić information content (AvgIpc) is 3.53. The lowest BCUT2D eigenvalue weighted by molar-refractivity contribution is -0.115. The molecule has 0 spiro atoms. The molecule has 5 rings (SSSR count). The van der Waals surface area contributed by atoms with Gasteiger partial charge in [0.25, 0.3) is 0 Å². The molecule has 0 unspecified atom stereocenters. The third kappa shape index (κ3) is 5.95. The molecular weight excluding hydrogens is 633 g/mol. The number of hydrogen-bond acceptors (Lipinski definition) is 5. The maximum absolute atomic E-state index is 12.4. The fraction of sp³-hybridized carbons (Fsp3) is 0. The Hall–Kier alpha value is -3.14. The molecule has 0 saturated carbocycles. The van der Waals surface area contributed by atoms with E-state index in [0.29, 0.717) is 60.4 Å². The van der Waals surface area contributed by atoms with E-state index in [-0.39, 0.29) is 5.11 Å². The molecule has 3 aromatic carbocycles. The molecule has 5 aromatic rings. The zero-order valence-electron chi connectivity index (χ0n) is 19.1. The van der Waals surface area contributed by atoms with Crippen molar-refractivity contribution >= 4 is 96.8 Å². The fourth-order valence-electron chi connectivity index (χ4n) is 3.54. The smallest absolute Gasteiger partial charge is 0.250 e. The molecule has 0 fully saturated rings. The minimum Gasteiger partial charge on any atom is -0.457 e. The molecule has 0 radical (unpaired) electrons. The summed E-state index contributed by atoms with van der Waals surface area (Å²) in [5.41, 5.74) is 3.13. The number of fused-ring (bicyclic) bond motifs is 1. The zero-order valence-corrected chi connectivity index (χ0v) is 23.8. The standard InChI is InChI=1S/C27H15BrCl3N3O3S/c28-14-4-8-19(29)18(12-14)26-33-21-13-15(5-9-23(21)37-26)32-27(38)34-24(35)11-7-16-6-10-22(36-16)17-2-1-3-20(30)25(17)31/h1-13H,(H2,32,34,35,38). The van der Waals surface area contributed by atoms with Gasteiger partial charge in [-0.05, 0) is 79.0 Å². The molecule has 0 aliphatic carbocycles. The topological polar surface area (TPSA) is 80.3 Å². The molecule has 1 amide bonds. The highest BCUT2D eigenvalue weighted by Crippen LogP contribution is 2.35. The van der Waals surface area contributed by atoms with Gasteiger partial charge in [-0.15, -0.1) is 0 Å². The summed E-state index contributed by atoms with van der Waals surface area (Å²) < 4.78 is 12.5. The fourth-order valence-corrected chi connectivity index (χ4v) is 4.71. The van der Waals surface area contributed by atoms with Gasteiger partial charge in [-0.3, -0.25) is 10.1 Å². The van der Waals surface area contributed by atoms with Crippen LogP contribution < -0.4 is 10.6 Å². The third-order valence-electron chi connectivity index (χ3n) is 5.28. The van der Waals surface area contributed by atoms with Crippen LogP contribution in [0.25, 0.3) is 40.0 Å². The summed E-state index contributed by atoms with van der Waals surface area (Å²) in [5, 5.41) is 7.02. The van der Waals surface area contributed by atoms with E-state index in [2.05, 4.69) is 31.5 Å². The maximum Gasteiger partial charge on any atom is 0.250 e. The Morgan fingerprint density at radius 2 is 1.79 bits per heavy atom. The van der Waals surface area contributed by atoms with Crippen molar-refractivity contribution < 1.29 is 13.6 Å². The predicted molar refractivity (Wildman–Crippen MR) is 160 cm³/mol. The number of carbonyl (C=O) groups excluding carboxylic acids is 1. The molecule has 0 bridgehead atoms. The largest absolute Gasteiger partial charge is 0.457 e. The van der Waals surface area contributed by atoms with Crippen molar-refractivity contribution in [3.8, 4) is 22.8 Å². The Bertz CT molecular complexity index is 1730. The number of benzene rings is 3. The molecule has 11 heteroatoms. The Morgan fingerprint density at radius 3 is 2.63 bits per heavy atom. The van der Waals surface area contributed by atoms with Crippen LogP contribution in [-0.4, -0.2) is 16.0 Å². The van der Waals surface area contributed by atoms with Crippen LogP contribution in [0.1, 0.15) is 5.76 Å². The highest BCUT2D eigenvalue weighted by Gasteiger charge is 2.14. The van der Waals surface area contributed by atoms with Crippen molar-refractivity contribution in [2.45, 2.75) is 0 Å². The van der Waals surface area contributed by atoms with Crippen LogP contribution in [-0.2, 0) is 4.79 Å². The Kier molecular flexibility index (Phi) is 7.88. The van der Waals surface area contributed by atoms with Crippen LogP contribution in [0.15, 0.2) is 86.1 Å². The van der Waals surface area contributed by atoms with Crippen molar-refractivity contribution in [3.63, 3.8) is 0 Å². The van der Waals surface area contributed by atoms with Crippen molar-refractivity contribution in [3.05, 3.63) is 98.1 Å². The van der Waals surface area contributed by atoms with E-state index in [4.69, 9.17) is 55.9 Å². The lowest BCUT2D eigenvalue weighted by atomic mass is 10.2. The number of carbonyl (C=O) groups is 1. The number of furan rings is 1. The molecule has 2 aromatic heterocycles. The molecule has 6 nitrogen and oxygen atoms in total. The predicted octanol–water partition coefficient (Wildman–Crippen LogP) is 9.00. The summed E-state index contributed by atoms with van der Waals surface area (Å²) in [6.07, 6.45) is 2.83. The second kappa shape index (κ2) is 11.3. The van der Waals surface area contributed by atoms with Gasteiger partial charge in [0.05, 0.1) is 20.6 Å². The molecular formula is C27H15BrCl3N3O3S. The first-order chi connectivity index (χ1) is 18.3. The maximum atomic E-state index is 12.4. The van der Waals surface area contributed by atoms with Crippen LogP contribution in [0.5, 0.6) is 0 Å². The number of hydrogen-bond donors (Lipinski definition) is 2. The van der Waals surface area contributed by atoms with Gasteiger partial charge >= 0.3 is 0 Å². The van der Waals surface area contributed by atoms with E-state index in [0.717, 1.165) is 4.47 Å².